The minimum absolute atomic E-state index is 0.0710. The number of ketones is 1. The van der Waals surface area contributed by atoms with E-state index in [0.29, 0.717) is 35.7 Å². The number of aliphatic hydroxyl groups is 1. The van der Waals surface area contributed by atoms with Crippen molar-refractivity contribution in [2.24, 2.45) is 0 Å². The average molecular weight is 467 g/mol. The lowest BCUT2D eigenvalue weighted by atomic mass is 9.92. The number of aliphatic hydroxyl groups excluding tert-OH is 1. The zero-order valence-corrected chi connectivity index (χ0v) is 20.8. The zero-order valence-electron chi connectivity index (χ0n) is 20.8. The van der Waals surface area contributed by atoms with Crippen LogP contribution in [0.1, 0.15) is 42.1 Å². The number of para-hydroxylation sites is 1. The number of likely N-dealkylation sites (tertiary alicyclic amines) is 1. The topological polar surface area (TPSA) is 79.3 Å². The van der Waals surface area contributed by atoms with Crippen LogP contribution < -0.4 is 9.47 Å². The summed E-state index contributed by atoms with van der Waals surface area (Å²) in [5.74, 6) is -0.262. The third-order valence-electron chi connectivity index (χ3n) is 6.52. The molecule has 2 aromatic carbocycles. The van der Waals surface area contributed by atoms with E-state index >= 15 is 0 Å². The van der Waals surface area contributed by atoms with Crippen LogP contribution >= 0.6 is 0 Å². The quantitative estimate of drug-likeness (QED) is 0.341. The first kappa shape index (κ1) is 25.3. The fourth-order valence-corrected chi connectivity index (χ4v) is 4.53. The molecule has 7 heteroatoms. The molecule has 1 amide bonds. The lowest BCUT2D eigenvalue weighted by molar-refractivity contribution is -0.140. The number of nitrogens with zero attached hydrogens (tertiary/aromatic N) is 2. The van der Waals surface area contributed by atoms with Gasteiger partial charge in [0, 0.05) is 24.2 Å². The molecule has 1 atom stereocenters. The lowest BCUT2D eigenvalue weighted by Crippen LogP contribution is -2.38. The monoisotopic (exact) mass is 466 g/mol. The number of benzene rings is 2. The second kappa shape index (κ2) is 10.7. The normalized spacial score (nSPS) is 17.5. The van der Waals surface area contributed by atoms with E-state index in [-0.39, 0.29) is 11.3 Å². The molecule has 0 aromatic heterocycles. The number of methoxy groups -OCH3 is 2. The molecule has 1 aliphatic rings. The van der Waals surface area contributed by atoms with Gasteiger partial charge >= 0.3 is 0 Å². The van der Waals surface area contributed by atoms with Crippen LogP contribution in [0, 0.1) is 13.8 Å². The molecule has 3 rings (SSSR count). The first-order valence-electron chi connectivity index (χ1n) is 11.6. The maximum absolute atomic E-state index is 13.3. The molecular weight excluding hydrogens is 432 g/mol. The van der Waals surface area contributed by atoms with Gasteiger partial charge in [-0.15, -0.1) is 0 Å². The number of aryl methyl sites for hydroxylation is 2. The number of amides is 1. The summed E-state index contributed by atoms with van der Waals surface area (Å²) in [6.07, 6.45) is 0. The van der Waals surface area contributed by atoms with Gasteiger partial charge in [-0.3, -0.25) is 9.59 Å². The van der Waals surface area contributed by atoms with Crippen molar-refractivity contribution < 1.29 is 24.2 Å². The van der Waals surface area contributed by atoms with Crippen molar-refractivity contribution in [2.75, 3.05) is 40.4 Å². The third kappa shape index (κ3) is 4.66. The molecule has 1 saturated heterocycles. The maximum Gasteiger partial charge on any atom is 0.295 e. The summed E-state index contributed by atoms with van der Waals surface area (Å²) in [4.78, 5) is 30.3. The van der Waals surface area contributed by atoms with Crippen molar-refractivity contribution in [3.8, 4) is 11.5 Å². The van der Waals surface area contributed by atoms with Gasteiger partial charge in [-0.1, -0.05) is 32.0 Å². The SMILES string of the molecule is CCN(CC)CCN1C(=O)C(=O)/C(=C(/O)c2cc(C)c(OC)cc2C)C1c1ccccc1OC. The molecule has 0 bridgehead atoms. The highest BCUT2D eigenvalue weighted by atomic mass is 16.5. The predicted octanol–water partition coefficient (Wildman–Crippen LogP) is 4.08. The van der Waals surface area contributed by atoms with Crippen molar-refractivity contribution in [1.29, 1.82) is 0 Å². The number of carbonyl (C=O) groups is 2. The van der Waals surface area contributed by atoms with E-state index in [1.807, 2.05) is 38.1 Å². The summed E-state index contributed by atoms with van der Waals surface area (Å²) in [5, 5.41) is 11.4. The fourth-order valence-electron chi connectivity index (χ4n) is 4.53. The number of Topliss-reactive ketones (excluding diaryl/α,β-unsaturated/α-hetero) is 1. The molecule has 0 spiro atoms. The summed E-state index contributed by atoms with van der Waals surface area (Å²) < 4.78 is 11.0. The van der Waals surface area contributed by atoms with E-state index < -0.39 is 17.7 Å². The molecule has 1 heterocycles. The Bertz CT molecular complexity index is 1100. The second-order valence-electron chi connectivity index (χ2n) is 8.40. The highest BCUT2D eigenvalue weighted by molar-refractivity contribution is 6.46. The van der Waals surface area contributed by atoms with E-state index in [2.05, 4.69) is 18.7 Å². The van der Waals surface area contributed by atoms with Crippen molar-refractivity contribution in [3.63, 3.8) is 0 Å². The van der Waals surface area contributed by atoms with Gasteiger partial charge in [0.2, 0.25) is 0 Å². The lowest BCUT2D eigenvalue weighted by Gasteiger charge is -2.29. The molecule has 1 fully saturated rings. The van der Waals surface area contributed by atoms with Crippen molar-refractivity contribution in [1.82, 2.24) is 9.80 Å². The van der Waals surface area contributed by atoms with Crippen LogP contribution in [0.2, 0.25) is 0 Å². The van der Waals surface area contributed by atoms with E-state index in [9.17, 15) is 14.7 Å². The summed E-state index contributed by atoms with van der Waals surface area (Å²) in [7, 11) is 3.14. The van der Waals surface area contributed by atoms with E-state index in [1.54, 1.807) is 31.3 Å². The first-order valence-corrected chi connectivity index (χ1v) is 11.6. The Balaban J connectivity index is 2.20. The summed E-state index contributed by atoms with van der Waals surface area (Å²) in [6, 6.07) is 10.1. The van der Waals surface area contributed by atoms with Crippen LogP contribution in [0.3, 0.4) is 0 Å². The zero-order chi connectivity index (χ0) is 25.0. The highest BCUT2D eigenvalue weighted by Crippen LogP contribution is 2.43. The van der Waals surface area contributed by atoms with E-state index in [1.165, 1.54) is 0 Å². The van der Waals surface area contributed by atoms with Gasteiger partial charge in [-0.2, -0.15) is 0 Å². The molecule has 2 aromatic rings. The van der Waals surface area contributed by atoms with Crippen molar-refractivity contribution >= 4 is 17.4 Å². The smallest absolute Gasteiger partial charge is 0.295 e. The minimum atomic E-state index is -0.756. The number of carbonyl (C=O) groups excluding carboxylic acids is 2. The molecule has 182 valence electrons. The molecule has 0 radical (unpaired) electrons. The number of likely N-dealkylation sites (N-methyl/N-ethyl adjacent to an activating group) is 1. The molecule has 1 unspecified atom stereocenters. The van der Waals surface area contributed by atoms with Gasteiger partial charge in [0.25, 0.3) is 11.7 Å². The Morgan fingerprint density at radius 2 is 1.65 bits per heavy atom. The Hall–Kier alpha value is -3.32. The van der Waals surface area contributed by atoms with Crippen molar-refractivity contribution in [2.45, 2.75) is 33.7 Å². The van der Waals surface area contributed by atoms with Crippen LogP contribution in [-0.2, 0) is 9.59 Å². The van der Waals surface area contributed by atoms with Crippen LogP contribution in [-0.4, -0.2) is 67.0 Å². The predicted molar refractivity (Wildman–Crippen MR) is 132 cm³/mol. The van der Waals surface area contributed by atoms with E-state index in [0.717, 1.165) is 24.2 Å². The Morgan fingerprint density at radius 3 is 2.26 bits per heavy atom. The van der Waals surface area contributed by atoms with E-state index in [4.69, 9.17) is 9.47 Å². The van der Waals surface area contributed by atoms with Crippen LogP contribution in [0.4, 0.5) is 0 Å². The van der Waals surface area contributed by atoms with Gasteiger partial charge in [0.1, 0.15) is 17.3 Å². The molecule has 0 aliphatic carbocycles. The Kier molecular flexibility index (Phi) is 7.99. The van der Waals surface area contributed by atoms with Crippen LogP contribution in [0.15, 0.2) is 42.0 Å². The molecule has 7 nitrogen and oxygen atoms in total. The fraction of sp³-hybridized carbons (Fsp3) is 0.407. The van der Waals surface area contributed by atoms with Crippen LogP contribution in [0.5, 0.6) is 11.5 Å². The summed E-state index contributed by atoms with van der Waals surface area (Å²) in [5.41, 5.74) is 2.79. The van der Waals surface area contributed by atoms with Gasteiger partial charge < -0.3 is 24.4 Å². The largest absolute Gasteiger partial charge is 0.507 e. The number of hydrogen-bond donors (Lipinski definition) is 1. The first-order chi connectivity index (χ1) is 16.3. The molecule has 1 N–H and O–H groups in total. The second-order valence-corrected chi connectivity index (χ2v) is 8.40. The Labute approximate surface area is 201 Å². The summed E-state index contributed by atoms with van der Waals surface area (Å²) >= 11 is 0. The van der Waals surface area contributed by atoms with Gasteiger partial charge in [-0.25, -0.2) is 0 Å². The molecule has 0 saturated carbocycles. The number of rotatable bonds is 9. The molecule has 1 aliphatic heterocycles. The maximum atomic E-state index is 13.3. The molecule has 34 heavy (non-hydrogen) atoms. The van der Waals surface area contributed by atoms with Gasteiger partial charge in [-0.05, 0) is 56.3 Å². The van der Waals surface area contributed by atoms with Gasteiger partial charge in [0.15, 0.2) is 0 Å². The average Bonchev–Trinajstić information content (AvgIpc) is 3.10. The molecular formula is C27H34N2O5. The highest BCUT2D eigenvalue weighted by Gasteiger charge is 2.47. The third-order valence-corrected chi connectivity index (χ3v) is 6.52. The van der Waals surface area contributed by atoms with Crippen LogP contribution in [0.25, 0.3) is 5.76 Å². The van der Waals surface area contributed by atoms with Crippen molar-refractivity contribution in [3.05, 3.63) is 64.2 Å². The number of ether oxygens (including phenoxy) is 2. The number of hydrogen-bond acceptors (Lipinski definition) is 6. The Morgan fingerprint density at radius 1 is 1.00 bits per heavy atom. The van der Waals surface area contributed by atoms with Gasteiger partial charge in [0.05, 0.1) is 25.8 Å². The minimum Gasteiger partial charge on any atom is -0.507 e. The standard InChI is InChI=1S/C27H34N2O5/c1-7-28(8-2)13-14-29-24(19-11-9-10-12-21(19)33-5)23(26(31)27(29)32)25(30)20-15-18(4)22(34-6)16-17(20)3/h9-12,15-16,24,30H,7-8,13-14H2,1-6H3/b25-23+. The summed E-state index contributed by atoms with van der Waals surface area (Å²) in [6.45, 7) is 10.5.